The van der Waals surface area contributed by atoms with E-state index in [1.54, 1.807) is 25.2 Å². The van der Waals surface area contributed by atoms with Gasteiger partial charge >= 0.3 is 5.97 Å². The minimum Gasteiger partial charge on any atom is -0.477 e. The fourth-order valence-corrected chi connectivity index (χ4v) is 1.96. The van der Waals surface area contributed by atoms with E-state index in [1.165, 1.54) is 10.7 Å². The van der Waals surface area contributed by atoms with E-state index in [-0.39, 0.29) is 17.2 Å². The number of hydrogen-bond acceptors (Lipinski definition) is 3. The average Bonchev–Trinajstić information content (AvgIpc) is 2.64. The molecule has 5 nitrogen and oxygen atoms in total. The van der Waals surface area contributed by atoms with Gasteiger partial charge in [0.1, 0.15) is 17.2 Å². The van der Waals surface area contributed by atoms with E-state index in [0.717, 1.165) is 0 Å². The summed E-state index contributed by atoms with van der Waals surface area (Å²) in [5.41, 5.74) is 6.55. The van der Waals surface area contributed by atoms with E-state index in [4.69, 9.17) is 10.8 Å². The summed E-state index contributed by atoms with van der Waals surface area (Å²) in [5.74, 6) is -1.31. The Kier molecular flexibility index (Phi) is 3.50. The molecule has 0 aliphatic heterocycles. The van der Waals surface area contributed by atoms with Crippen molar-refractivity contribution >= 4 is 11.8 Å². The smallest absolute Gasteiger partial charge is 0.341 e. The minimum atomic E-state index is -1.12. The van der Waals surface area contributed by atoms with Gasteiger partial charge in [-0.2, -0.15) is 5.10 Å². The summed E-state index contributed by atoms with van der Waals surface area (Å²) in [5, 5.41) is 13.2. The normalized spacial score (nSPS) is 10.6. The Bertz CT molecular complexity index is 622. The molecule has 100 valence electrons. The third kappa shape index (κ3) is 2.57. The van der Waals surface area contributed by atoms with Gasteiger partial charge in [-0.3, -0.25) is 4.68 Å². The summed E-state index contributed by atoms with van der Waals surface area (Å²) < 4.78 is 14.8. The number of nitrogen functional groups attached to an aromatic ring is 1. The molecule has 3 N–H and O–H groups in total. The first-order chi connectivity index (χ1) is 9.00. The standard InChI is InChI=1S/C13H14FN3O2/c1-17-12(15)11(13(18)19)10(16-17)7-6-8-4-2-3-5-9(8)14/h2-5H,6-7,15H2,1H3,(H,18,19). The molecule has 0 saturated heterocycles. The lowest BCUT2D eigenvalue weighted by atomic mass is 10.1. The molecule has 0 atom stereocenters. The van der Waals surface area contributed by atoms with E-state index >= 15 is 0 Å². The minimum absolute atomic E-state index is 0.00107. The number of hydrogen-bond donors (Lipinski definition) is 2. The highest BCUT2D eigenvalue weighted by molar-refractivity contribution is 5.94. The number of aromatic nitrogens is 2. The van der Waals surface area contributed by atoms with Crippen molar-refractivity contribution in [3.8, 4) is 0 Å². The van der Waals surface area contributed by atoms with Gasteiger partial charge in [-0.25, -0.2) is 9.18 Å². The van der Waals surface area contributed by atoms with Crippen LogP contribution in [0.3, 0.4) is 0 Å². The van der Waals surface area contributed by atoms with Crippen LogP contribution in [0.4, 0.5) is 10.2 Å². The lowest BCUT2D eigenvalue weighted by Crippen LogP contribution is -2.05. The molecule has 0 aliphatic carbocycles. The van der Waals surface area contributed by atoms with Crippen molar-refractivity contribution < 1.29 is 14.3 Å². The molecule has 0 amide bonds. The Hall–Kier alpha value is -2.37. The zero-order valence-corrected chi connectivity index (χ0v) is 10.4. The number of carbonyl (C=O) groups is 1. The topological polar surface area (TPSA) is 81.1 Å². The fourth-order valence-electron chi connectivity index (χ4n) is 1.96. The summed E-state index contributed by atoms with van der Waals surface area (Å²) >= 11 is 0. The number of aromatic carboxylic acids is 1. The summed E-state index contributed by atoms with van der Waals surface area (Å²) in [4.78, 5) is 11.1. The van der Waals surface area contributed by atoms with E-state index in [0.29, 0.717) is 24.1 Å². The van der Waals surface area contributed by atoms with Gasteiger partial charge in [-0.05, 0) is 24.5 Å². The highest BCUT2D eigenvalue weighted by atomic mass is 19.1. The van der Waals surface area contributed by atoms with Crippen molar-refractivity contribution in [1.29, 1.82) is 0 Å². The molecule has 0 spiro atoms. The molecule has 6 heteroatoms. The van der Waals surface area contributed by atoms with Crippen LogP contribution >= 0.6 is 0 Å². The monoisotopic (exact) mass is 263 g/mol. The Labute approximate surface area is 109 Å². The third-order valence-electron chi connectivity index (χ3n) is 2.97. The molecule has 1 aromatic carbocycles. The third-order valence-corrected chi connectivity index (χ3v) is 2.97. The number of halogens is 1. The maximum absolute atomic E-state index is 13.5. The molecule has 1 heterocycles. The SMILES string of the molecule is Cn1nc(CCc2ccccc2F)c(C(=O)O)c1N. The van der Waals surface area contributed by atoms with Gasteiger partial charge in [0.25, 0.3) is 0 Å². The first kappa shape index (κ1) is 13.1. The van der Waals surface area contributed by atoms with Gasteiger partial charge in [0.2, 0.25) is 0 Å². The molecule has 0 unspecified atom stereocenters. The van der Waals surface area contributed by atoms with E-state index in [1.807, 2.05) is 0 Å². The second-order valence-corrected chi connectivity index (χ2v) is 4.23. The predicted molar refractivity (Wildman–Crippen MR) is 68.4 cm³/mol. The van der Waals surface area contributed by atoms with Crippen molar-refractivity contribution in [3.05, 3.63) is 46.9 Å². The Balaban J connectivity index is 2.23. The van der Waals surface area contributed by atoms with Crippen molar-refractivity contribution in [2.45, 2.75) is 12.8 Å². The zero-order chi connectivity index (χ0) is 14.0. The van der Waals surface area contributed by atoms with Crippen molar-refractivity contribution in [2.75, 3.05) is 5.73 Å². The van der Waals surface area contributed by atoms with Gasteiger partial charge < -0.3 is 10.8 Å². The number of aryl methyl sites for hydroxylation is 3. The first-order valence-electron chi connectivity index (χ1n) is 5.78. The number of anilines is 1. The zero-order valence-electron chi connectivity index (χ0n) is 10.4. The number of rotatable bonds is 4. The van der Waals surface area contributed by atoms with Crippen molar-refractivity contribution in [2.24, 2.45) is 7.05 Å². The van der Waals surface area contributed by atoms with Crippen LogP contribution in [0.5, 0.6) is 0 Å². The van der Waals surface area contributed by atoms with Gasteiger partial charge in [0, 0.05) is 7.05 Å². The summed E-state index contributed by atoms with van der Waals surface area (Å²) in [7, 11) is 1.58. The van der Waals surface area contributed by atoms with Crippen LogP contribution in [0.1, 0.15) is 21.6 Å². The molecular formula is C13H14FN3O2. The summed E-state index contributed by atoms with van der Waals surface area (Å²) in [6.45, 7) is 0. The lowest BCUT2D eigenvalue weighted by molar-refractivity contribution is 0.0697. The molecular weight excluding hydrogens is 249 g/mol. The first-order valence-corrected chi connectivity index (χ1v) is 5.78. The Morgan fingerprint density at radius 2 is 2.11 bits per heavy atom. The Morgan fingerprint density at radius 3 is 2.74 bits per heavy atom. The Morgan fingerprint density at radius 1 is 1.42 bits per heavy atom. The van der Waals surface area contributed by atoms with Crippen LogP contribution in [0.15, 0.2) is 24.3 Å². The molecule has 0 saturated carbocycles. The molecule has 0 radical (unpaired) electrons. The largest absolute Gasteiger partial charge is 0.477 e. The van der Waals surface area contributed by atoms with Gasteiger partial charge in [-0.1, -0.05) is 18.2 Å². The molecule has 19 heavy (non-hydrogen) atoms. The summed E-state index contributed by atoms with van der Waals surface area (Å²) in [6, 6.07) is 6.39. The van der Waals surface area contributed by atoms with E-state index in [9.17, 15) is 9.18 Å². The number of benzene rings is 1. The predicted octanol–water partition coefficient (Wildman–Crippen LogP) is 1.62. The van der Waals surface area contributed by atoms with Crippen LogP contribution in [0.25, 0.3) is 0 Å². The number of nitrogens with zero attached hydrogens (tertiary/aromatic N) is 2. The molecule has 2 rings (SSSR count). The van der Waals surface area contributed by atoms with Crippen LogP contribution in [0, 0.1) is 5.82 Å². The second kappa shape index (κ2) is 5.09. The molecule has 2 aromatic rings. The van der Waals surface area contributed by atoms with Crippen LogP contribution in [-0.2, 0) is 19.9 Å². The van der Waals surface area contributed by atoms with E-state index < -0.39 is 5.97 Å². The van der Waals surface area contributed by atoms with Crippen molar-refractivity contribution in [1.82, 2.24) is 9.78 Å². The molecule has 0 aliphatic rings. The molecule has 0 bridgehead atoms. The number of nitrogens with two attached hydrogens (primary N) is 1. The van der Waals surface area contributed by atoms with Crippen LogP contribution < -0.4 is 5.73 Å². The molecule has 0 fully saturated rings. The van der Waals surface area contributed by atoms with Crippen LogP contribution in [0.2, 0.25) is 0 Å². The maximum atomic E-state index is 13.5. The summed E-state index contributed by atoms with van der Waals surface area (Å²) in [6.07, 6.45) is 0.705. The lowest BCUT2D eigenvalue weighted by Gasteiger charge is -2.02. The number of carboxylic acids is 1. The van der Waals surface area contributed by atoms with Gasteiger partial charge in [0.15, 0.2) is 0 Å². The van der Waals surface area contributed by atoms with Crippen LogP contribution in [-0.4, -0.2) is 20.9 Å². The number of carboxylic acid groups (broad SMARTS) is 1. The highest BCUT2D eigenvalue weighted by Gasteiger charge is 2.20. The highest BCUT2D eigenvalue weighted by Crippen LogP contribution is 2.18. The van der Waals surface area contributed by atoms with Crippen molar-refractivity contribution in [3.63, 3.8) is 0 Å². The van der Waals surface area contributed by atoms with Gasteiger partial charge in [0.05, 0.1) is 5.69 Å². The van der Waals surface area contributed by atoms with E-state index in [2.05, 4.69) is 5.10 Å². The maximum Gasteiger partial charge on any atom is 0.341 e. The fraction of sp³-hybridized carbons (Fsp3) is 0.231. The quantitative estimate of drug-likeness (QED) is 0.878. The second-order valence-electron chi connectivity index (χ2n) is 4.23. The van der Waals surface area contributed by atoms with Gasteiger partial charge in [-0.15, -0.1) is 0 Å². The average molecular weight is 263 g/mol. The molecule has 1 aromatic heterocycles.